The van der Waals surface area contributed by atoms with Gasteiger partial charge in [0, 0.05) is 18.4 Å². The van der Waals surface area contributed by atoms with Gasteiger partial charge in [0.05, 0.1) is 0 Å². The van der Waals surface area contributed by atoms with Crippen LogP contribution in [-0.2, 0) is 19.1 Å². The number of esters is 2. The number of rotatable bonds is 5. The maximum absolute atomic E-state index is 12.1. The van der Waals surface area contributed by atoms with Crippen LogP contribution in [0.3, 0.4) is 0 Å². The fraction of sp³-hybridized carbons (Fsp3) is 0.474. The van der Waals surface area contributed by atoms with E-state index in [1.807, 2.05) is 37.3 Å². The summed E-state index contributed by atoms with van der Waals surface area (Å²) in [7, 11) is 0. The molecule has 4 nitrogen and oxygen atoms in total. The van der Waals surface area contributed by atoms with Crippen LogP contribution in [0.25, 0.3) is 0 Å². The van der Waals surface area contributed by atoms with E-state index in [0.29, 0.717) is 5.57 Å². The molecule has 1 fully saturated rings. The van der Waals surface area contributed by atoms with Crippen LogP contribution < -0.4 is 0 Å². The predicted octanol–water partition coefficient (Wildman–Crippen LogP) is 3.97. The molecule has 0 amide bonds. The fourth-order valence-corrected chi connectivity index (χ4v) is 3.33. The maximum atomic E-state index is 12.1. The van der Waals surface area contributed by atoms with E-state index in [1.165, 1.54) is 6.92 Å². The number of hydrogen-bond donors (Lipinski definition) is 0. The molecule has 0 heterocycles. The highest BCUT2D eigenvalue weighted by Gasteiger charge is 2.47. The summed E-state index contributed by atoms with van der Waals surface area (Å²) in [6.45, 7) is 8.62. The molecule has 1 saturated carbocycles. The Morgan fingerprint density at radius 1 is 1.26 bits per heavy atom. The van der Waals surface area contributed by atoms with Gasteiger partial charge in [-0.15, -0.1) is 0 Å². The van der Waals surface area contributed by atoms with Gasteiger partial charge in [0.25, 0.3) is 0 Å². The third kappa shape index (κ3) is 4.01. The molecule has 0 N–H and O–H groups in total. The van der Waals surface area contributed by atoms with Crippen LogP contribution in [0, 0.1) is 5.92 Å². The summed E-state index contributed by atoms with van der Waals surface area (Å²) in [5, 5.41) is 0. The second kappa shape index (κ2) is 6.99. The zero-order chi connectivity index (χ0) is 17.0. The van der Waals surface area contributed by atoms with Gasteiger partial charge in [-0.3, -0.25) is 4.79 Å². The van der Waals surface area contributed by atoms with Gasteiger partial charge in [0.1, 0.15) is 11.7 Å². The first-order valence-corrected chi connectivity index (χ1v) is 7.94. The van der Waals surface area contributed by atoms with Crippen LogP contribution in [0.15, 0.2) is 42.5 Å². The predicted molar refractivity (Wildman–Crippen MR) is 87.6 cm³/mol. The van der Waals surface area contributed by atoms with Crippen molar-refractivity contribution in [1.29, 1.82) is 0 Å². The van der Waals surface area contributed by atoms with Gasteiger partial charge >= 0.3 is 11.9 Å². The largest absolute Gasteiger partial charge is 0.459 e. The Kier molecular flexibility index (Phi) is 5.24. The fourth-order valence-electron chi connectivity index (χ4n) is 3.33. The van der Waals surface area contributed by atoms with Crippen molar-refractivity contribution in [2.24, 2.45) is 5.92 Å². The van der Waals surface area contributed by atoms with Crippen molar-refractivity contribution in [3.8, 4) is 0 Å². The van der Waals surface area contributed by atoms with Gasteiger partial charge in [-0.25, -0.2) is 4.79 Å². The van der Waals surface area contributed by atoms with Crippen LogP contribution in [0.2, 0.25) is 0 Å². The maximum Gasteiger partial charge on any atom is 0.333 e. The SMILES string of the molecule is C=C(C)C(=O)OC(c1ccccc1)C1CCCC1(C)OC(C)=O. The van der Waals surface area contributed by atoms with Crippen LogP contribution in [0.5, 0.6) is 0 Å². The first-order chi connectivity index (χ1) is 10.8. The molecule has 1 aromatic carbocycles. The molecule has 0 radical (unpaired) electrons. The van der Waals surface area contributed by atoms with Crippen LogP contribution in [0.1, 0.15) is 51.7 Å². The number of carbonyl (C=O) groups excluding carboxylic acids is 2. The first kappa shape index (κ1) is 17.3. The van der Waals surface area contributed by atoms with E-state index in [9.17, 15) is 9.59 Å². The zero-order valence-corrected chi connectivity index (χ0v) is 14.0. The summed E-state index contributed by atoms with van der Waals surface area (Å²) in [5.41, 5.74) is 0.646. The minimum absolute atomic E-state index is 0.0721. The molecule has 124 valence electrons. The minimum atomic E-state index is -0.623. The molecule has 3 atom stereocenters. The van der Waals surface area contributed by atoms with Gasteiger partial charge in [-0.05, 0) is 38.7 Å². The summed E-state index contributed by atoms with van der Waals surface area (Å²) >= 11 is 0. The minimum Gasteiger partial charge on any atom is -0.459 e. The van der Waals surface area contributed by atoms with E-state index >= 15 is 0 Å². The van der Waals surface area contributed by atoms with E-state index in [-0.39, 0.29) is 11.9 Å². The quantitative estimate of drug-likeness (QED) is 0.609. The average molecular weight is 316 g/mol. The van der Waals surface area contributed by atoms with Crippen molar-refractivity contribution in [3.05, 3.63) is 48.0 Å². The number of benzene rings is 1. The summed E-state index contributed by atoms with van der Waals surface area (Å²) in [6.07, 6.45) is 2.09. The number of hydrogen-bond acceptors (Lipinski definition) is 4. The monoisotopic (exact) mass is 316 g/mol. The van der Waals surface area contributed by atoms with Crippen molar-refractivity contribution in [2.75, 3.05) is 0 Å². The van der Waals surface area contributed by atoms with E-state index in [4.69, 9.17) is 9.47 Å². The second-order valence-electron chi connectivity index (χ2n) is 6.42. The molecular weight excluding hydrogens is 292 g/mol. The lowest BCUT2D eigenvalue weighted by Crippen LogP contribution is -2.39. The number of ether oxygens (including phenoxy) is 2. The normalized spacial score (nSPS) is 24.7. The Morgan fingerprint density at radius 3 is 2.48 bits per heavy atom. The summed E-state index contributed by atoms with van der Waals surface area (Å²) in [5.74, 6) is -0.800. The van der Waals surface area contributed by atoms with Gasteiger partial charge in [-0.2, -0.15) is 0 Å². The Hall–Kier alpha value is -2.10. The summed E-state index contributed by atoms with van der Waals surface area (Å²) in [4.78, 5) is 23.6. The first-order valence-electron chi connectivity index (χ1n) is 7.94. The van der Waals surface area contributed by atoms with Crippen LogP contribution in [0.4, 0.5) is 0 Å². The molecule has 4 heteroatoms. The average Bonchev–Trinajstić information content (AvgIpc) is 2.85. The Labute approximate surface area is 137 Å². The Balaban J connectivity index is 2.34. The van der Waals surface area contributed by atoms with E-state index < -0.39 is 17.7 Å². The Morgan fingerprint density at radius 2 is 1.91 bits per heavy atom. The lowest BCUT2D eigenvalue weighted by Gasteiger charge is -2.36. The van der Waals surface area contributed by atoms with Crippen LogP contribution in [-0.4, -0.2) is 17.5 Å². The molecule has 23 heavy (non-hydrogen) atoms. The van der Waals surface area contributed by atoms with E-state index in [2.05, 4.69) is 6.58 Å². The molecule has 0 spiro atoms. The molecular formula is C19H24O4. The highest BCUT2D eigenvalue weighted by molar-refractivity contribution is 5.87. The Bertz CT molecular complexity index is 593. The lowest BCUT2D eigenvalue weighted by molar-refractivity contribution is -0.169. The van der Waals surface area contributed by atoms with E-state index in [0.717, 1.165) is 24.8 Å². The van der Waals surface area contributed by atoms with Crippen molar-refractivity contribution in [1.82, 2.24) is 0 Å². The highest BCUT2D eigenvalue weighted by atomic mass is 16.6. The van der Waals surface area contributed by atoms with Crippen LogP contribution >= 0.6 is 0 Å². The van der Waals surface area contributed by atoms with E-state index in [1.54, 1.807) is 6.92 Å². The standard InChI is InChI=1S/C19H24O4/c1-13(2)18(21)22-17(15-9-6-5-7-10-15)16-11-8-12-19(16,4)23-14(3)20/h5-7,9-10,16-17H,1,8,11-12H2,2-4H3. The van der Waals surface area contributed by atoms with Crippen molar-refractivity contribution >= 4 is 11.9 Å². The zero-order valence-electron chi connectivity index (χ0n) is 14.0. The van der Waals surface area contributed by atoms with Crippen molar-refractivity contribution in [3.63, 3.8) is 0 Å². The van der Waals surface area contributed by atoms with Gasteiger partial charge in [0.2, 0.25) is 0 Å². The van der Waals surface area contributed by atoms with Crippen molar-refractivity contribution in [2.45, 2.75) is 51.7 Å². The molecule has 0 bridgehead atoms. The number of carbonyl (C=O) groups is 2. The van der Waals surface area contributed by atoms with Gasteiger partial charge < -0.3 is 9.47 Å². The topological polar surface area (TPSA) is 52.6 Å². The highest BCUT2D eigenvalue weighted by Crippen LogP contribution is 2.47. The van der Waals surface area contributed by atoms with Crippen molar-refractivity contribution < 1.29 is 19.1 Å². The lowest BCUT2D eigenvalue weighted by atomic mass is 9.84. The molecule has 1 aromatic rings. The smallest absolute Gasteiger partial charge is 0.333 e. The third-order valence-electron chi connectivity index (χ3n) is 4.43. The molecule has 3 unspecified atom stereocenters. The molecule has 1 aliphatic carbocycles. The second-order valence-corrected chi connectivity index (χ2v) is 6.42. The van der Waals surface area contributed by atoms with Gasteiger partial charge in [0.15, 0.2) is 0 Å². The van der Waals surface area contributed by atoms with Gasteiger partial charge in [-0.1, -0.05) is 36.9 Å². The summed E-state index contributed by atoms with van der Waals surface area (Å²) < 4.78 is 11.3. The molecule has 0 saturated heterocycles. The summed E-state index contributed by atoms with van der Waals surface area (Å²) in [6, 6.07) is 9.61. The molecule has 0 aliphatic heterocycles. The molecule has 2 rings (SSSR count). The molecule has 0 aromatic heterocycles. The molecule has 1 aliphatic rings. The third-order valence-corrected chi connectivity index (χ3v) is 4.43.